The zero-order valence-corrected chi connectivity index (χ0v) is 23.6. The van der Waals surface area contributed by atoms with Crippen molar-refractivity contribution in [3.8, 4) is 22.4 Å². The summed E-state index contributed by atoms with van der Waals surface area (Å²) in [4.78, 5) is 44.5. The molecule has 40 heavy (non-hydrogen) atoms. The molecule has 3 N–H and O–H groups in total. The Labute approximate surface area is 238 Å². The number of hydrogen-bond acceptors (Lipinski definition) is 7. The predicted octanol–water partition coefficient (Wildman–Crippen LogP) is 4.23. The zero-order valence-electron chi connectivity index (χ0n) is 22.0. The van der Waals surface area contributed by atoms with E-state index in [-0.39, 0.29) is 18.9 Å². The van der Waals surface area contributed by atoms with Gasteiger partial charge in [0.1, 0.15) is 6.26 Å². The number of anilines is 1. The van der Waals surface area contributed by atoms with Crippen LogP contribution in [0.15, 0.2) is 66.4 Å². The molecule has 0 fully saturated rings. The number of amides is 2. The standard InChI is InChI=1S/C28H29N5O5S2/c1-18(12-26(35)36)6-7-23-14-20(8-10-29-23)19-4-3-5-21(13-19)24-17-39-28(31-24)32-25(34)15-30-27(37)22-9-11-33(16-22)40(2)38/h3-5,8-11,13-14,16-18H,6-7,12,15H2,1-2H3,(H,30,37)(H,35,36)(H,31,32,34). The van der Waals surface area contributed by atoms with Crippen LogP contribution in [0.1, 0.15) is 35.8 Å². The molecule has 0 aliphatic rings. The van der Waals surface area contributed by atoms with E-state index in [0.717, 1.165) is 28.8 Å². The molecule has 0 radical (unpaired) electrons. The lowest BCUT2D eigenvalue weighted by molar-refractivity contribution is -0.138. The van der Waals surface area contributed by atoms with E-state index in [1.54, 1.807) is 6.20 Å². The van der Waals surface area contributed by atoms with E-state index >= 15 is 0 Å². The highest BCUT2D eigenvalue weighted by Crippen LogP contribution is 2.29. The molecule has 0 aliphatic heterocycles. The molecule has 3 heterocycles. The van der Waals surface area contributed by atoms with Gasteiger partial charge in [-0.05, 0) is 54.2 Å². The van der Waals surface area contributed by atoms with Gasteiger partial charge in [-0.3, -0.25) is 19.4 Å². The number of carbonyl (C=O) groups is 3. The molecule has 2 unspecified atom stereocenters. The molecule has 0 bridgehead atoms. The van der Waals surface area contributed by atoms with Crippen LogP contribution in [0.3, 0.4) is 0 Å². The summed E-state index contributed by atoms with van der Waals surface area (Å²) in [5, 5.41) is 16.5. The predicted molar refractivity (Wildman–Crippen MR) is 155 cm³/mol. The second kappa shape index (κ2) is 13.4. The van der Waals surface area contributed by atoms with Gasteiger partial charge in [-0.2, -0.15) is 3.97 Å². The average Bonchev–Trinajstić information content (AvgIpc) is 3.61. The van der Waals surface area contributed by atoms with Crippen molar-refractivity contribution in [3.05, 3.63) is 77.7 Å². The molecular formula is C28H29N5O5S2. The van der Waals surface area contributed by atoms with Gasteiger partial charge in [0, 0.05) is 29.3 Å². The zero-order chi connectivity index (χ0) is 28.6. The third kappa shape index (κ3) is 8.01. The summed E-state index contributed by atoms with van der Waals surface area (Å²) in [7, 11) is 0. The maximum absolute atomic E-state index is 12.4. The Balaban J connectivity index is 1.35. The van der Waals surface area contributed by atoms with Crippen molar-refractivity contribution >= 4 is 45.6 Å². The molecule has 0 saturated carbocycles. The number of nitrogens with one attached hydrogen (secondary N) is 2. The molecule has 0 spiro atoms. The lowest BCUT2D eigenvalue weighted by Gasteiger charge is -2.09. The van der Waals surface area contributed by atoms with E-state index in [1.807, 2.05) is 48.7 Å². The summed E-state index contributed by atoms with van der Waals surface area (Å²) in [5.74, 6) is -1.57. The third-order valence-electron chi connectivity index (χ3n) is 6.11. The van der Waals surface area contributed by atoms with Gasteiger partial charge in [-0.15, -0.1) is 11.3 Å². The molecule has 4 aromatic rings. The Bertz CT molecular complexity index is 1500. The topological polar surface area (TPSA) is 149 Å². The van der Waals surface area contributed by atoms with Crippen LogP contribution in [0.4, 0.5) is 5.13 Å². The summed E-state index contributed by atoms with van der Waals surface area (Å²) in [5.41, 5.74) is 4.79. The number of hydrogen-bond donors (Lipinski definition) is 3. The van der Waals surface area contributed by atoms with Crippen LogP contribution in [-0.4, -0.2) is 54.2 Å². The lowest BCUT2D eigenvalue weighted by Crippen LogP contribution is -2.32. The number of aromatic nitrogens is 3. The summed E-state index contributed by atoms with van der Waals surface area (Å²) < 4.78 is 12.9. The Morgan fingerprint density at radius 1 is 1.15 bits per heavy atom. The number of carboxylic acid groups (broad SMARTS) is 1. The number of benzene rings is 1. The Morgan fingerprint density at radius 3 is 2.67 bits per heavy atom. The quantitative estimate of drug-likeness (QED) is 0.213. The van der Waals surface area contributed by atoms with Crippen molar-refractivity contribution in [1.82, 2.24) is 19.3 Å². The van der Waals surface area contributed by atoms with Gasteiger partial charge in [0.2, 0.25) is 5.91 Å². The van der Waals surface area contributed by atoms with E-state index in [0.29, 0.717) is 22.8 Å². The molecule has 3 aromatic heterocycles. The molecule has 0 aliphatic carbocycles. The minimum absolute atomic E-state index is 0.0727. The fourth-order valence-corrected chi connectivity index (χ4v) is 5.24. The second-order valence-corrected chi connectivity index (χ2v) is 11.4. The molecule has 1 aromatic carbocycles. The number of aryl methyl sites for hydroxylation is 1. The Kier molecular flexibility index (Phi) is 9.70. The van der Waals surface area contributed by atoms with Gasteiger partial charge in [-0.25, -0.2) is 4.98 Å². The summed E-state index contributed by atoms with van der Waals surface area (Å²) in [6, 6.07) is 13.4. The normalized spacial score (nSPS) is 12.5. The van der Waals surface area contributed by atoms with Gasteiger partial charge in [-0.1, -0.05) is 25.1 Å². The maximum atomic E-state index is 12.4. The number of rotatable bonds is 12. The first-order valence-electron chi connectivity index (χ1n) is 12.5. The van der Waals surface area contributed by atoms with Crippen LogP contribution in [-0.2, 0) is 27.4 Å². The molecule has 0 saturated heterocycles. The van der Waals surface area contributed by atoms with E-state index in [9.17, 15) is 18.9 Å². The minimum atomic E-state index is -1.26. The summed E-state index contributed by atoms with van der Waals surface area (Å²) in [6.45, 7) is 1.70. The fraction of sp³-hybridized carbons (Fsp3) is 0.250. The SMILES string of the molecule is CC(CCc1cc(-c2cccc(-c3csc(NC(=O)CNC(=O)c4ccn([S+](C)[O-])c4)n3)c2)ccn1)CC(=O)O. The fourth-order valence-electron chi connectivity index (χ4n) is 4.01. The van der Waals surface area contributed by atoms with Crippen LogP contribution < -0.4 is 10.6 Å². The smallest absolute Gasteiger partial charge is 0.303 e. The van der Waals surface area contributed by atoms with E-state index in [2.05, 4.69) is 20.6 Å². The van der Waals surface area contributed by atoms with Gasteiger partial charge < -0.3 is 20.3 Å². The molecule has 2 amide bonds. The highest BCUT2D eigenvalue weighted by molar-refractivity contribution is 7.89. The molecule has 12 heteroatoms. The maximum Gasteiger partial charge on any atom is 0.303 e. The number of pyridine rings is 1. The first-order valence-corrected chi connectivity index (χ1v) is 14.9. The van der Waals surface area contributed by atoms with Gasteiger partial charge >= 0.3 is 5.97 Å². The van der Waals surface area contributed by atoms with Crippen molar-refractivity contribution in [2.24, 2.45) is 5.92 Å². The number of aliphatic carboxylic acids is 1. The summed E-state index contributed by atoms with van der Waals surface area (Å²) >= 11 is 0.0183. The number of carbonyl (C=O) groups excluding carboxylic acids is 2. The first kappa shape index (κ1) is 29.0. The third-order valence-corrected chi connectivity index (χ3v) is 7.69. The Morgan fingerprint density at radius 2 is 1.93 bits per heavy atom. The van der Waals surface area contributed by atoms with Crippen LogP contribution in [0.25, 0.3) is 22.4 Å². The molecule has 4 rings (SSSR count). The Hall–Kier alpha value is -4.00. The largest absolute Gasteiger partial charge is 0.593 e. The van der Waals surface area contributed by atoms with Crippen molar-refractivity contribution < 1.29 is 24.0 Å². The molecule has 10 nitrogen and oxygen atoms in total. The highest BCUT2D eigenvalue weighted by Gasteiger charge is 2.14. The van der Waals surface area contributed by atoms with Crippen molar-refractivity contribution in [2.45, 2.75) is 26.2 Å². The monoisotopic (exact) mass is 579 g/mol. The molecule has 2 atom stereocenters. The first-order chi connectivity index (χ1) is 19.2. The molecular weight excluding hydrogens is 550 g/mol. The van der Waals surface area contributed by atoms with Crippen LogP contribution in [0, 0.1) is 5.92 Å². The number of carboxylic acids is 1. The van der Waals surface area contributed by atoms with E-state index in [4.69, 9.17) is 5.11 Å². The van der Waals surface area contributed by atoms with E-state index in [1.165, 1.54) is 40.0 Å². The highest BCUT2D eigenvalue weighted by atomic mass is 32.2. The molecule has 208 valence electrons. The van der Waals surface area contributed by atoms with Gasteiger partial charge in [0.25, 0.3) is 5.91 Å². The summed E-state index contributed by atoms with van der Waals surface area (Å²) in [6.07, 6.45) is 7.84. The lowest BCUT2D eigenvalue weighted by atomic mass is 9.98. The van der Waals surface area contributed by atoms with Gasteiger partial charge in [0.05, 0.1) is 41.6 Å². The van der Waals surface area contributed by atoms with Crippen molar-refractivity contribution in [3.63, 3.8) is 0 Å². The van der Waals surface area contributed by atoms with Crippen molar-refractivity contribution in [2.75, 3.05) is 18.1 Å². The average molecular weight is 580 g/mol. The van der Waals surface area contributed by atoms with Gasteiger partial charge in [0.15, 0.2) is 5.13 Å². The van der Waals surface area contributed by atoms with Crippen molar-refractivity contribution in [1.29, 1.82) is 0 Å². The second-order valence-electron chi connectivity index (χ2n) is 9.31. The van der Waals surface area contributed by atoms with Crippen LogP contribution >= 0.6 is 11.3 Å². The van der Waals surface area contributed by atoms with Crippen LogP contribution in [0.2, 0.25) is 0 Å². The number of nitrogens with zero attached hydrogens (tertiary/aromatic N) is 3. The van der Waals surface area contributed by atoms with E-state index < -0.39 is 29.1 Å². The number of thiazole rings is 1. The van der Waals surface area contributed by atoms with Crippen LogP contribution in [0.5, 0.6) is 0 Å². The minimum Gasteiger partial charge on any atom is -0.593 e.